The quantitative estimate of drug-likeness (QED) is 0.653. The zero-order valence-electron chi connectivity index (χ0n) is 9.39. The largest absolute Gasteiger partial charge is 0.368 e. The number of rotatable bonds is 4. The minimum absolute atomic E-state index is 0.00704. The van der Waals surface area contributed by atoms with Crippen LogP contribution in [0.3, 0.4) is 0 Å². The third kappa shape index (κ3) is 2.20. The summed E-state index contributed by atoms with van der Waals surface area (Å²) < 4.78 is 0. The van der Waals surface area contributed by atoms with Crippen LogP contribution in [0.2, 0.25) is 5.02 Å². The van der Waals surface area contributed by atoms with Crippen molar-refractivity contribution in [2.45, 2.75) is 0 Å². The Morgan fingerprint density at radius 1 is 1.44 bits per heavy atom. The van der Waals surface area contributed by atoms with Crippen molar-refractivity contribution >= 4 is 33.9 Å². The van der Waals surface area contributed by atoms with Crippen LogP contribution < -0.4 is 11.1 Å². The van der Waals surface area contributed by atoms with E-state index in [1.54, 1.807) is 6.07 Å². The molecule has 0 atom stereocenters. The molecule has 0 radical (unpaired) electrons. The van der Waals surface area contributed by atoms with Gasteiger partial charge in [-0.3, -0.25) is 10.1 Å². The highest BCUT2D eigenvalue weighted by molar-refractivity contribution is 6.37. The Hall–Kier alpha value is -1.92. The highest BCUT2D eigenvalue weighted by Crippen LogP contribution is 2.34. The third-order valence-electron chi connectivity index (χ3n) is 2.49. The maximum atomic E-state index is 11.0. The SMILES string of the molecule is NCCNc1nccc2c([N+](=O)[O-])ccc(Cl)c12. The van der Waals surface area contributed by atoms with Gasteiger partial charge in [0.1, 0.15) is 5.82 Å². The van der Waals surface area contributed by atoms with Crippen LogP contribution in [0.15, 0.2) is 24.4 Å². The highest BCUT2D eigenvalue weighted by atomic mass is 35.5. The van der Waals surface area contributed by atoms with Gasteiger partial charge in [-0.05, 0) is 12.1 Å². The molecular formula is C11H11ClN4O2. The molecule has 2 rings (SSSR count). The molecule has 0 bridgehead atoms. The number of halogens is 1. The van der Waals surface area contributed by atoms with Gasteiger partial charge in [0.05, 0.1) is 15.3 Å². The first-order valence-corrected chi connectivity index (χ1v) is 5.68. The van der Waals surface area contributed by atoms with Crippen LogP contribution in [0.1, 0.15) is 0 Å². The zero-order valence-corrected chi connectivity index (χ0v) is 10.1. The second-order valence-corrected chi connectivity index (χ2v) is 4.03. The van der Waals surface area contributed by atoms with E-state index in [0.29, 0.717) is 34.7 Å². The molecule has 1 heterocycles. The lowest BCUT2D eigenvalue weighted by atomic mass is 10.1. The molecule has 0 saturated heterocycles. The number of fused-ring (bicyclic) bond motifs is 1. The van der Waals surface area contributed by atoms with E-state index < -0.39 is 4.92 Å². The van der Waals surface area contributed by atoms with E-state index >= 15 is 0 Å². The number of nitrogens with two attached hydrogens (primary N) is 1. The van der Waals surface area contributed by atoms with Crippen LogP contribution >= 0.6 is 11.6 Å². The van der Waals surface area contributed by atoms with Crippen molar-refractivity contribution in [2.24, 2.45) is 5.73 Å². The molecule has 94 valence electrons. The summed E-state index contributed by atoms with van der Waals surface area (Å²) in [4.78, 5) is 14.6. The van der Waals surface area contributed by atoms with Gasteiger partial charge in [0, 0.05) is 30.7 Å². The number of anilines is 1. The van der Waals surface area contributed by atoms with Crippen molar-refractivity contribution in [3.05, 3.63) is 39.5 Å². The van der Waals surface area contributed by atoms with Gasteiger partial charge in [0.2, 0.25) is 0 Å². The van der Waals surface area contributed by atoms with Crippen LogP contribution in [-0.2, 0) is 0 Å². The first-order chi connectivity index (χ1) is 8.65. The molecular weight excluding hydrogens is 256 g/mol. The van der Waals surface area contributed by atoms with Gasteiger partial charge in [0.15, 0.2) is 0 Å². The third-order valence-corrected chi connectivity index (χ3v) is 2.80. The normalized spacial score (nSPS) is 10.6. The minimum Gasteiger partial charge on any atom is -0.368 e. The van der Waals surface area contributed by atoms with Crippen LogP contribution in [0.4, 0.5) is 11.5 Å². The molecule has 1 aromatic carbocycles. The second-order valence-electron chi connectivity index (χ2n) is 3.62. The van der Waals surface area contributed by atoms with Crippen molar-refractivity contribution in [3.63, 3.8) is 0 Å². The van der Waals surface area contributed by atoms with Crippen LogP contribution in [0.5, 0.6) is 0 Å². The fourth-order valence-corrected chi connectivity index (χ4v) is 1.98. The lowest BCUT2D eigenvalue weighted by Crippen LogP contribution is -2.14. The van der Waals surface area contributed by atoms with E-state index in [2.05, 4.69) is 10.3 Å². The van der Waals surface area contributed by atoms with Gasteiger partial charge in [0.25, 0.3) is 5.69 Å². The Labute approximate surface area is 108 Å². The maximum Gasteiger partial charge on any atom is 0.277 e. The summed E-state index contributed by atoms with van der Waals surface area (Å²) in [6.07, 6.45) is 1.50. The van der Waals surface area contributed by atoms with E-state index in [-0.39, 0.29) is 5.69 Å². The van der Waals surface area contributed by atoms with Crippen molar-refractivity contribution in [3.8, 4) is 0 Å². The van der Waals surface area contributed by atoms with Crippen LogP contribution in [0.25, 0.3) is 10.8 Å². The van der Waals surface area contributed by atoms with Crippen LogP contribution in [0, 0.1) is 10.1 Å². The molecule has 0 saturated carbocycles. The van der Waals surface area contributed by atoms with Gasteiger partial charge < -0.3 is 11.1 Å². The molecule has 1 aromatic heterocycles. The lowest BCUT2D eigenvalue weighted by molar-refractivity contribution is -0.383. The molecule has 6 nitrogen and oxygen atoms in total. The molecule has 0 fully saturated rings. The average Bonchev–Trinajstić information content (AvgIpc) is 2.36. The summed E-state index contributed by atoms with van der Waals surface area (Å²) in [6, 6.07) is 4.46. The monoisotopic (exact) mass is 266 g/mol. The molecule has 0 aliphatic carbocycles. The summed E-state index contributed by atoms with van der Waals surface area (Å²) >= 11 is 6.08. The van der Waals surface area contributed by atoms with Crippen molar-refractivity contribution < 1.29 is 4.92 Å². The van der Waals surface area contributed by atoms with E-state index in [9.17, 15) is 10.1 Å². The van der Waals surface area contributed by atoms with Gasteiger partial charge >= 0.3 is 0 Å². The topological polar surface area (TPSA) is 94.1 Å². The smallest absolute Gasteiger partial charge is 0.277 e. The van der Waals surface area contributed by atoms with Crippen molar-refractivity contribution in [1.82, 2.24) is 4.98 Å². The predicted octanol–water partition coefficient (Wildman–Crippen LogP) is 2.17. The molecule has 18 heavy (non-hydrogen) atoms. The number of nitrogens with zero attached hydrogens (tertiary/aromatic N) is 2. The summed E-state index contributed by atoms with van der Waals surface area (Å²) in [5.74, 6) is 0.506. The van der Waals surface area contributed by atoms with Crippen LogP contribution in [-0.4, -0.2) is 23.0 Å². The summed E-state index contributed by atoms with van der Waals surface area (Å²) in [7, 11) is 0. The molecule has 7 heteroatoms. The number of nitro groups is 1. The number of nitro benzene ring substituents is 1. The first-order valence-electron chi connectivity index (χ1n) is 5.30. The van der Waals surface area contributed by atoms with E-state index in [4.69, 9.17) is 17.3 Å². The van der Waals surface area contributed by atoms with Crippen molar-refractivity contribution in [2.75, 3.05) is 18.4 Å². The molecule has 0 amide bonds. The number of hydrogen-bond donors (Lipinski definition) is 2. The fraction of sp³-hybridized carbons (Fsp3) is 0.182. The van der Waals surface area contributed by atoms with E-state index in [1.165, 1.54) is 18.3 Å². The summed E-state index contributed by atoms with van der Waals surface area (Å²) in [6.45, 7) is 0.954. The zero-order chi connectivity index (χ0) is 13.1. The molecule has 0 aliphatic rings. The highest BCUT2D eigenvalue weighted by Gasteiger charge is 2.16. The number of aromatic nitrogens is 1. The lowest BCUT2D eigenvalue weighted by Gasteiger charge is -2.09. The minimum atomic E-state index is -0.439. The first kappa shape index (κ1) is 12.5. The van der Waals surface area contributed by atoms with Gasteiger partial charge in [-0.2, -0.15) is 0 Å². The Balaban J connectivity index is 2.67. The predicted molar refractivity (Wildman–Crippen MR) is 71.0 cm³/mol. The Bertz CT molecular complexity index is 603. The van der Waals surface area contributed by atoms with Gasteiger partial charge in [-0.15, -0.1) is 0 Å². The molecule has 0 unspecified atom stereocenters. The number of pyridine rings is 1. The van der Waals surface area contributed by atoms with Crippen molar-refractivity contribution in [1.29, 1.82) is 0 Å². The van der Waals surface area contributed by atoms with Gasteiger partial charge in [-0.25, -0.2) is 4.98 Å². The Kier molecular flexibility index (Phi) is 3.59. The second kappa shape index (κ2) is 5.16. The summed E-state index contributed by atoms with van der Waals surface area (Å²) in [5, 5.41) is 15.4. The fourth-order valence-electron chi connectivity index (χ4n) is 1.73. The average molecular weight is 267 g/mol. The molecule has 0 spiro atoms. The van der Waals surface area contributed by atoms with E-state index in [0.717, 1.165) is 0 Å². The van der Waals surface area contributed by atoms with E-state index in [1.807, 2.05) is 0 Å². The molecule has 2 aromatic rings. The van der Waals surface area contributed by atoms with Gasteiger partial charge in [-0.1, -0.05) is 11.6 Å². The maximum absolute atomic E-state index is 11.0. The number of benzene rings is 1. The Morgan fingerprint density at radius 2 is 2.22 bits per heavy atom. The number of non-ortho nitro benzene ring substituents is 1. The summed E-state index contributed by atoms with van der Waals surface area (Å²) in [5.41, 5.74) is 5.41. The number of hydrogen-bond acceptors (Lipinski definition) is 5. The Morgan fingerprint density at radius 3 is 2.89 bits per heavy atom. The molecule has 3 N–H and O–H groups in total. The standard InChI is InChI=1S/C11H11ClN4O2/c12-8-1-2-9(16(17)18)7-3-5-14-11(10(7)8)15-6-4-13/h1-3,5H,4,6,13H2,(H,14,15). The molecule has 0 aliphatic heterocycles. The number of nitrogens with one attached hydrogen (secondary N) is 1.